The van der Waals surface area contributed by atoms with E-state index in [4.69, 9.17) is 4.52 Å². The van der Waals surface area contributed by atoms with Crippen molar-refractivity contribution >= 4 is 10.9 Å². The minimum Gasteiger partial charge on any atom is -0.356 e. The average Bonchev–Trinajstić information content (AvgIpc) is 3.25. The van der Waals surface area contributed by atoms with Crippen LogP contribution in [0.15, 0.2) is 59.3 Å². The van der Waals surface area contributed by atoms with Gasteiger partial charge in [0.1, 0.15) is 5.82 Å². The minimum absolute atomic E-state index is 0.270. The zero-order valence-corrected chi connectivity index (χ0v) is 12.8. The summed E-state index contributed by atoms with van der Waals surface area (Å²) in [4.78, 5) is 0. The van der Waals surface area contributed by atoms with Gasteiger partial charge < -0.3 is 9.84 Å². The molecule has 0 saturated carbocycles. The Balaban J connectivity index is 1.41. The Kier molecular flexibility index (Phi) is 3.80. The smallest absolute Gasteiger partial charge is 0.167 e. The summed E-state index contributed by atoms with van der Waals surface area (Å²) in [6.45, 7) is 1.27. The van der Waals surface area contributed by atoms with Gasteiger partial charge in [0.15, 0.2) is 5.76 Å². The van der Waals surface area contributed by atoms with Crippen molar-refractivity contribution in [1.82, 2.24) is 20.7 Å². The van der Waals surface area contributed by atoms with E-state index in [1.54, 1.807) is 12.1 Å². The fourth-order valence-electron chi connectivity index (χ4n) is 2.65. The molecule has 120 valence electrons. The molecule has 0 spiro atoms. The third kappa shape index (κ3) is 2.91. The molecule has 24 heavy (non-hydrogen) atoms. The number of fused-ring (bicyclic) bond motifs is 1. The van der Waals surface area contributed by atoms with Gasteiger partial charge in [0, 0.05) is 30.1 Å². The average molecular weight is 322 g/mol. The van der Waals surface area contributed by atoms with Crippen molar-refractivity contribution in [2.75, 3.05) is 0 Å². The molecular formula is C18H15FN4O. The van der Waals surface area contributed by atoms with E-state index in [1.807, 2.05) is 24.4 Å². The summed E-state index contributed by atoms with van der Waals surface area (Å²) < 4.78 is 18.3. The normalized spacial score (nSPS) is 11.2. The van der Waals surface area contributed by atoms with Gasteiger partial charge in [0.25, 0.3) is 0 Å². The molecule has 0 unspecified atom stereocenters. The number of aromatic nitrogens is 3. The number of H-pyrrole nitrogens is 1. The highest BCUT2D eigenvalue weighted by atomic mass is 19.1. The lowest BCUT2D eigenvalue weighted by atomic mass is 10.1. The maximum atomic E-state index is 13.0. The van der Waals surface area contributed by atoms with Crippen LogP contribution in [0.25, 0.3) is 22.2 Å². The van der Waals surface area contributed by atoms with Crippen LogP contribution in [0.5, 0.6) is 0 Å². The SMILES string of the molecule is Fc1ccc(-c2cc(CNCc3cccc4cn[nH]c34)no2)cc1. The Labute approximate surface area is 137 Å². The fraction of sp³-hybridized carbons (Fsp3) is 0.111. The highest BCUT2D eigenvalue weighted by Crippen LogP contribution is 2.21. The molecule has 0 amide bonds. The number of hydrogen-bond acceptors (Lipinski definition) is 4. The molecule has 6 heteroatoms. The number of halogens is 1. The lowest BCUT2D eigenvalue weighted by Crippen LogP contribution is -2.13. The van der Waals surface area contributed by atoms with Crippen LogP contribution in [-0.4, -0.2) is 15.4 Å². The summed E-state index contributed by atoms with van der Waals surface area (Å²) in [5.74, 6) is 0.357. The van der Waals surface area contributed by atoms with Crippen LogP contribution < -0.4 is 5.32 Å². The Hall–Kier alpha value is -2.99. The Morgan fingerprint density at radius 2 is 1.96 bits per heavy atom. The van der Waals surface area contributed by atoms with Gasteiger partial charge >= 0.3 is 0 Å². The number of nitrogens with zero attached hydrogens (tertiary/aromatic N) is 2. The van der Waals surface area contributed by atoms with Gasteiger partial charge in [-0.05, 0) is 29.8 Å². The first-order chi connectivity index (χ1) is 11.8. The van der Waals surface area contributed by atoms with Crippen LogP contribution in [-0.2, 0) is 13.1 Å². The zero-order valence-electron chi connectivity index (χ0n) is 12.8. The molecule has 0 aliphatic rings. The summed E-state index contributed by atoms with van der Waals surface area (Å²) in [6.07, 6.45) is 1.81. The first kappa shape index (κ1) is 14.6. The topological polar surface area (TPSA) is 66.7 Å². The molecule has 0 radical (unpaired) electrons. The minimum atomic E-state index is -0.270. The van der Waals surface area contributed by atoms with Crippen molar-refractivity contribution in [1.29, 1.82) is 0 Å². The van der Waals surface area contributed by atoms with E-state index >= 15 is 0 Å². The van der Waals surface area contributed by atoms with Crippen molar-refractivity contribution in [3.05, 3.63) is 71.8 Å². The standard InChI is InChI=1S/C18H15FN4O/c19-15-6-4-12(5-7-15)17-8-16(23-24-17)11-20-9-13-2-1-3-14-10-21-22-18(13)14/h1-8,10,20H,9,11H2,(H,21,22). The van der Waals surface area contributed by atoms with Crippen LogP contribution in [0.4, 0.5) is 4.39 Å². The van der Waals surface area contributed by atoms with Gasteiger partial charge in [0.05, 0.1) is 17.4 Å². The van der Waals surface area contributed by atoms with E-state index in [9.17, 15) is 4.39 Å². The largest absolute Gasteiger partial charge is 0.356 e. The molecule has 2 aromatic carbocycles. The molecule has 4 rings (SSSR count). The molecule has 2 N–H and O–H groups in total. The monoisotopic (exact) mass is 322 g/mol. The molecule has 4 aromatic rings. The summed E-state index contributed by atoms with van der Waals surface area (Å²) >= 11 is 0. The van der Waals surface area contributed by atoms with Crippen molar-refractivity contribution in [3.8, 4) is 11.3 Å². The lowest BCUT2D eigenvalue weighted by Gasteiger charge is -2.03. The molecule has 0 fully saturated rings. The number of aromatic amines is 1. The van der Waals surface area contributed by atoms with Gasteiger partial charge in [-0.3, -0.25) is 5.10 Å². The van der Waals surface area contributed by atoms with Crippen LogP contribution in [0.2, 0.25) is 0 Å². The van der Waals surface area contributed by atoms with Gasteiger partial charge in [-0.1, -0.05) is 23.4 Å². The summed E-state index contributed by atoms with van der Waals surface area (Å²) in [6, 6.07) is 14.1. The van der Waals surface area contributed by atoms with Crippen LogP contribution in [0.1, 0.15) is 11.3 Å². The highest BCUT2D eigenvalue weighted by Gasteiger charge is 2.07. The highest BCUT2D eigenvalue weighted by molar-refractivity contribution is 5.81. The zero-order chi connectivity index (χ0) is 16.4. The predicted molar refractivity (Wildman–Crippen MR) is 88.5 cm³/mol. The molecule has 2 aromatic heterocycles. The number of para-hydroxylation sites is 1. The second kappa shape index (κ2) is 6.25. The van der Waals surface area contributed by atoms with Crippen LogP contribution in [0.3, 0.4) is 0 Å². The number of nitrogens with one attached hydrogen (secondary N) is 2. The van der Waals surface area contributed by atoms with Gasteiger partial charge in [-0.25, -0.2) is 4.39 Å². The molecule has 0 saturated heterocycles. The maximum absolute atomic E-state index is 13.0. The van der Waals surface area contributed by atoms with Crippen molar-refractivity contribution in [3.63, 3.8) is 0 Å². The quantitative estimate of drug-likeness (QED) is 0.588. The van der Waals surface area contributed by atoms with E-state index in [0.717, 1.165) is 27.7 Å². The summed E-state index contributed by atoms with van der Waals surface area (Å²) in [5.41, 5.74) is 3.79. The van der Waals surface area contributed by atoms with E-state index in [2.05, 4.69) is 26.7 Å². The van der Waals surface area contributed by atoms with E-state index in [-0.39, 0.29) is 5.82 Å². The first-order valence-electron chi connectivity index (χ1n) is 7.63. The second-order valence-electron chi connectivity index (χ2n) is 5.54. The van der Waals surface area contributed by atoms with Gasteiger partial charge in [0.2, 0.25) is 0 Å². The Morgan fingerprint density at radius 3 is 2.83 bits per heavy atom. The van der Waals surface area contributed by atoms with Gasteiger partial charge in [-0.2, -0.15) is 5.10 Å². The number of rotatable bonds is 5. The van der Waals surface area contributed by atoms with Crippen molar-refractivity contribution in [2.45, 2.75) is 13.1 Å². The van der Waals surface area contributed by atoms with Crippen LogP contribution >= 0.6 is 0 Å². The van der Waals surface area contributed by atoms with E-state index in [1.165, 1.54) is 12.1 Å². The third-order valence-corrected chi connectivity index (χ3v) is 3.87. The molecule has 0 atom stereocenters. The lowest BCUT2D eigenvalue weighted by molar-refractivity contribution is 0.420. The maximum Gasteiger partial charge on any atom is 0.167 e. The molecule has 2 heterocycles. The molecule has 0 aliphatic heterocycles. The first-order valence-corrected chi connectivity index (χ1v) is 7.63. The number of hydrogen-bond donors (Lipinski definition) is 2. The number of benzene rings is 2. The van der Waals surface area contributed by atoms with Crippen molar-refractivity contribution in [2.24, 2.45) is 0 Å². The van der Waals surface area contributed by atoms with Gasteiger partial charge in [-0.15, -0.1) is 0 Å². The molecule has 0 aliphatic carbocycles. The summed E-state index contributed by atoms with van der Waals surface area (Å²) in [7, 11) is 0. The fourth-order valence-corrected chi connectivity index (χ4v) is 2.65. The van der Waals surface area contributed by atoms with E-state index < -0.39 is 0 Å². The predicted octanol–water partition coefficient (Wildman–Crippen LogP) is 3.65. The Morgan fingerprint density at radius 1 is 1.08 bits per heavy atom. The molecule has 5 nitrogen and oxygen atoms in total. The second-order valence-corrected chi connectivity index (χ2v) is 5.54. The summed E-state index contributed by atoms with van der Waals surface area (Å²) in [5, 5.41) is 15.6. The van der Waals surface area contributed by atoms with Crippen LogP contribution in [0, 0.1) is 5.82 Å². The molecular weight excluding hydrogens is 307 g/mol. The third-order valence-electron chi connectivity index (χ3n) is 3.87. The Bertz CT molecular complexity index is 958. The van der Waals surface area contributed by atoms with Crippen molar-refractivity contribution < 1.29 is 8.91 Å². The molecule has 0 bridgehead atoms. The van der Waals surface area contributed by atoms with E-state index in [0.29, 0.717) is 18.8 Å².